The molecule has 0 spiro atoms. The molecule has 0 aliphatic heterocycles. The van der Waals surface area contributed by atoms with E-state index in [2.05, 4.69) is 28.5 Å². The van der Waals surface area contributed by atoms with E-state index < -0.39 is 0 Å². The van der Waals surface area contributed by atoms with Gasteiger partial charge in [0, 0.05) is 13.6 Å². The average Bonchev–Trinajstić information content (AvgIpc) is 2.92. The van der Waals surface area contributed by atoms with Gasteiger partial charge in [0.05, 0.1) is 17.8 Å². The number of aromatic nitrogens is 2. The summed E-state index contributed by atoms with van der Waals surface area (Å²) < 4.78 is 0. The minimum atomic E-state index is 0.643. The molecule has 0 aliphatic carbocycles. The lowest BCUT2D eigenvalue weighted by Crippen LogP contribution is -2.17. The van der Waals surface area contributed by atoms with Crippen molar-refractivity contribution in [1.82, 2.24) is 10.2 Å². The van der Waals surface area contributed by atoms with Gasteiger partial charge in [-0.05, 0) is 18.6 Å². The van der Waals surface area contributed by atoms with Crippen LogP contribution < -0.4 is 10.2 Å². The van der Waals surface area contributed by atoms with Gasteiger partial charge in [-0.2, -0.15) is 5.26 Å². The SMILES string of the molecule is CCCNc1nnc(CN(C)c2ccccc2C#N)s1. The number of rotatable bonds is 6. The lowest BCUT2D eigenvalue weighted by Gasteiger charge is -2.18. The third-order valence-electron chi connectivity index (χ3n) is 2.80. The first kappa shape index (κ1) is 14.3. The van der Waals surface area contributed by atoms with Crippen LogP contribution >= 0.6 is 11.3 Å². The lowest BCUT2D eigenvalue weighted by atomic mass is 10.2. The molecule has 2 rings (SSSR count). The molecule has 1 aromatic carbocycles. The van der Waals surface area contributed by atoms with Crippen LogP contribution in [0.1, 0.15) is 23.9 Å². The van der Waals surface area contributed by atoms with Gasteiger partial charge in [-0.1, -0.05) is 30.4 Å². The fourth-order valence-electron chi connectivity index (χ4n) is 1.81. The molecule has 0 unspecified atom stereocenters. The summed E-state index contributed by atoms with van der Waals surface area (Å²) in [6.45, 7) is 3.66. The van der Waals surface area contributed by atoms with Gasteiger partial charge in [0.2, 0.25) is 5.13 Å². The predicted molar refractivity (Wildman–Crippen MR) is 82.0 cm³/mol. The quantitative estimate of drug-likeness (QED) is 0.885. The maximum Gasteiger partial charge on any atom is 0.205 e. The van der Waals surface area contributed by atoms with E-state index in [-0.39, 0.29) is 0 Å². The monoisotopic (exact) mass is 287 g/mol. The zero-order valence-electron chi connectivity index (χ0n) is 11.6. The molecule has 0 fully saturated rings. The summed E-state index contributed by atoms with van der Waals surface area (Å²) >= 11 is 1.55. The van der Waals surface area contributed by atoms with Crippen LogP contribution in [0.2, 0.25) is 0 Å². The van der Waals surface area contributed by atoms with Gasteiger partial charge in [0.25, 0.3) is 0 Å². The molecule has 0 radical (unpaired) electrons. The Labute approximate surface area is 122 Å². The summed E-state index contributed by atoms with van der Waals surface area (Å²) in [5.41, 5.74) is 1.58. The van der Waals surface area contributed by atoms with Crippen LogP contribution in [0.4, 0.5) is 10.8 Å². The topological polar surface area (TPSA) is 64.8 Å². The number of benzene rings is 1. The number of anilines is 2. The fourth-order valence-corrected chi connectivity index (χ4v) is 2.63. The van der Waals surface area contributed by atoms with Crippen molar-refractivity contribution < 1.29 is 0 Å². The molecule has 6 heteroatoms. The van der Waals surface area contributed by atoms with Gasteiger partial charge in [0.15, 0.2) is 0 Å². The Kier molecular flexibility index (Phi) is 4.91. The van der Waals surface area contributed by atoms with Crippen LogP contribution in [0.3, 0.4) is 0 Å². The maximum atomic E-state index is 9.12. The van der Waals surface area contributed by atoms with E-state index in [0.717, 1.165) is 28.8 Å². The number of hydrogen-bond acceptors (Lipinski definition) is 6. The highest BCUT2D eigenvalue weighted by atomic mass is 32.1. The Morgan fingerprint density at radius 1 is 1.35 bits per heavy atom. The second-order valence-corrected chi connectivity index (χ2v) is 5.47. The Bertz CT molecular complexity index is 602. The van der Waals surface area contributed by atoms with Gasteiger partial charge in [-0.3, -0.25) is 0 Å². The van der Waals surface area contributed by atoms with Crippen molar-refractivity contribution in [2.45, 2.75) is 19.9 Å². The summed E-state index contributed by atoms with van der Waals surface area (Å²) in [6.07, 6.45) is 1.06. The molecule has 20 heavy (non-hydrogen) atoms. The van der Waals surface area contributed by atoms with E-state index in [1.54, 1.807) is 11.3 Å². The van der Waals surface area contributed by atoms with Crippen molar-refractivity contribution in [3.05, 3.63) is 34.8 Å². The molecule has 0 amide bonds. The first-order chi connectivity index (χ1) is 9.74. The van der Waals surface area contributed by atoms with Crippen molar-refractivity contribution in [1.29, 1.82) is 5.26 Å². The Morgan fingerprint density at radius 2 is 2.15 bits per heavy atom. The van der Waals surface area contributed by atoms with Crippen molar-refractivity contribution in [2.75, 3.05) is 23.8 Å². The zero-order valence-corrected chi connectivity index (χ0v) is 12.4. The van der Waals surface area contributed by atoms with Gasteiger partial charge in [0.1, 0.15) is 11.1 Å². The number of para-hydroxylation sites is 1. The van der Waals surface area contributed by atoms with E-state index >= 15 is 0 Å². The third kappa shape index (κ3) is 3.45. The van der Waals surface area contributed by atoms with Gasteiger partial charge >= 0.3 is 0 Å². The van der Waals surface area contributed by atoms with Crippen molar-refractivity contribution in [3.63, 3.8) is 0 Å². The third-order valence-corrected chi connectivity index (χ3v) is 3.67. The van der Waals surface area contributed by atoms with E-state index in [0.29, 0.717) is 12.1 Å². The van der Waals surface area contributed by atoms with Gasteiger partial charge in [-0.25, -0.2) is 0 Å². The highest BCUT2D eigenvalue weighted by molar-refractivity contribution is 7.15. The lowest BCUT2D eigenvalue weighted by molar-refractivity contribution is 0.877. The van der Waals surface area contributed by atoms with Gasteiger partial charge < -0.3 is 10.2 Å². The van der Waals surface area contributed by atoms with E-state index in [4.69, 9.17) is 5.26 Å². The molecule has 0 aliphatic rings. The van der Waals surface area contributed by atoms with Gasteiger partial charge in [-0.15, -0.1) is 10.2 Å². The maximum absolute atomic E-state index is 9.12. The van der Waals surface area contributed by atoms with Crippen molar-refractivity contribution in [2.24, 2.45) is 0 Å². The van der Waals surface area contributed by atoms with Crippen LogP contribution in [0.15, 0.2) is 24.3 Å². The Hall–Kier alpha value is -2.13. The van der Waals surface area contributed by atoms with Crippen LogP contribution in [-0.2, 0) is 6.54 Å². The molecular weight excluding hydrogens is 270 g/mol. The van der Waals surface area contributed by atoms with Crippen molar-refractivity contribution in [3.8, 4) is 6.07 Å². The average molecular weight is 287 g/mol. The van der Waals surface area contributed by atoms with Crippen LogP contribution in [0.5, 0.6) is 0 Å². The molecule has 2 aromatic rings. The molecule has 1 heterocycles. The number of nitrogens with zero attached hydrogens (tertiary/aromatic N) is 4. The van der Waals surface area contributed by atoms with E-state index in [1.165, 1.54) is 0 Å². The second kappa shape index (κ2) is 6.87. The number of nitrogens with one attached hydrogen (secondary N) is 1. The molecule has 0 saturated carbocycles. The highest BCUT2D eigenvalue weighted by Gasteiger charge is 2.10. The highest BCUT2D eigenvalue weighted by Crippen LogP contribution is 2.22. The smallest absolute Gasteiger partial charge is 0.205 e. The van der Waals surface area contributed by atoms with E-state index in [1.807, 2.05) is 36.2 Å². The molecule has 1 N–H and O–H groups in total. The van der Waals surface area contributed by atoms with Crippen molar-refractivity contribution >= 4 is 22.2 Å². The van der Waals surface area contributed by atoms with Crippen LogP contribution in [0.25, 0.3) is 0 Å². The minimum absolute atomic E-state index is 0.643. The summed E-state index contributed by atoms with van der Waals surface area (Å²) in [4.78, 5) is 2.02. The van der Waals surface area contributed by atoms with E-state index in [9.17, 15) is 0 Å². The summed E-state index contributed by atoms with van der Waals surface area (Å²) in [5, 5.41) is 22.4. The first-order valence-electron chi connectivity index (χ1n) is 6.51. The molecule has 0 atom stereocenters. The summed E-state index contributed by atoms with van der Waals surface area (Å²) in [5.74, 6) is 0. The summed E-state index contributed by atoms with van der Waals surface area (Å²) in [7, 11) is 1.96. The molecule has 1 aromatic heterocycles. The van der Waals surface area contributed by atoms with Crippen LogP contribution in [0, 0.1) is 11.3 Å². The molecule has 5 nitrogen and oxygen atoms in total. The molecule has 104 valence electrons. The fraction of sp³-hybridized carbons (Fsp3) is 0.357. The summed E-state index contributed by atoms with van der Waals surface area (Å²) in [6, 6.07) is 9.77. The number of hydrogen-bond donors (Lipinski definition) is 1. The molecular formula is C14H17N5S. The normalized spacial score (nSPS) is 10.1. The minimum Gasteiger partial charge on any atom is -0.367 e. The second-order valence-electron chi connectivity index (χ2n) is 4.41. The zero-order chi connectivity index (χ0) is 14.4. The Morgan fingerprint density at radius 3 is 2.90 bits per heavy atom. The molecule has 0 bridgehead atoms. The van der Waals surface area contributed by atoms with Crippen LogP contribution in [-0.4, -0.2) is 23.8 Å². The standard InChI is InChI=1S/C14H17N5S/c1-3-8-16-14-18-17-13(20-14)10-19(2)12-7-5-4-6-11(12)9-15/h4-7H,3,8,10H2,1-2H3,(H,16,18). The largest absolute Gasteiger partial charge is 0.367 e. The Balaban J connectivity index is 2.06. The first-order valence-corrected chi connectivity index (χ1v) is 7.32. The predicted octanol–water partition coefficient (Wildman–Crippen LogP) is 2.87. The number of nitriles is 1. The molecule has 0 saturated heterocycles.